The second kappa shape index (κ2) is 5.91. The summed E-state index contributed by atoms with van der Waals surface area (Å²) >= 11 is 0. The number of phenols is 1. The maximum absolute atomic E-state index is 13.3. The van der Waals surface area contributed by atoms with Gasteiger partial charge in [0.05, 0.1) is 11.7 Å². The minimum Gasteiger partial charge on any atom is -0.508 e. The molecule has 9 heteroatoms. The molecule has 1 aromatic rings. The lowest BCUT2D eigenvalue weighted by Crippen LogP contribution is -2.63. The minimum absolute atomic E-state index is 0.0145. The Morgan fingerprint density at radius 2 is 1.86 bits per heavy atom. The van der Waals surface area contributed by atoms with Crippen LogP contribution in [0.1, 0.15) is 30.4 Å². The number of hydrogen-bond donors (Lipinski definition) is 6. The third-order valence-electron chi connectivity index (χ3n) is 6.37. The third kappa shape index (κ3) is 2.19. The van der Waals surface area contributed by atoms with Gasteiger partial charge in [-0.15, -0.1) is 0 Å². The van der Waals surface area contributed by atoms with Gasteiger partial charge in [-0.05, 0) is 17.5 Å². The zero-order chi connectivity index (χ0) is 21.4. The second-order valence-electron chi connectivity index (χ2n) is 7.73. The average molecular weight is 401 g/mol. The van der Waals surface area contributed by atoms with Crippen molar-refractivity contribution in [3.8, 4) is 5.75 Å². The Labute approximate surface area is 164 Å². The Morgan fingerprint density at radius 1 is 1.21 bits per heavy atom. The molecule has 4 rings (SSSR count). The molecule has 4 unspecified atom stereocenters. The zero-order valence-corrected chi connectivity index (χ0v) is 15.3. The number of primary amides is 1. The van der Waals surface area contributed by atoms with Crippen molar-refractivity contribution in [3.05, 3.63) is 46.2 Å². The van der Waals surface area contributed by atoms with Crippen molar-refractivity contribution < 1.29 is 39.9 Å². The minimum atomic E-state index is -2.81. The van der Waals surface area contributed by atoms with Crippen LogP contribution in [0.4, 0.5) is 0 Å². The van der Waals surface area contributed by atoms with Crippen molar-refractivity contribution in [3.63, 3.8) is 0 Å². The molecule has 0 saturated heterocycles. The lowest BCUT2D eigenvalue weighted by molar-refractivity contribution is -0.160. The van der Waals surface area contributed by atoms with Crippen LogP contribution in [-0.4, -0.2) is 54.7 Å². The van der Waals surface area contributed by atoms with Gasteiger partial charge in [0, 0.05) is 23.8 Å². The topological polar surface area (TPSA) is 178 Å². The summed E-state index contributed by atoms with van der Waals surface area (Å²) in [5, 5.41) is 53.6. The molecule has 29 heavy (non-hydrogen) atoms. The molecular formula is C20H19NO8. The van der Waals surface area contributed by atoms with Crippen LogP contribution < -0.4 is 5.73 Å². The van der Waals surface area contributed by atoms with E-state index in [4.69, 9.17) is 5.73 Å². The predicted molar refractivity (Wildman–Crippen MR) is 97.5 cm³/mol. The first kappa shape index (κ1) is 19.2. The summed E-state index contributed by atoms with van der Waals surface area (Å²) < 4.78 is 0. The number of amides is 1. The van der Waals surface area contributed by atoms with E-state index in [0.717, 1.165) is 0 Å². The van der Waals surface area contributed by atoms with Gasteiger partial charge in [-0.1, -0.05) is 19.1 Å². The van der Waals surface area contributed by atoms with Gasteiger partial charge in [0.2, 0.25) is 5.78 Å². The molecule has 0 spiro atoms. The molecule has 1 saturated carbocycles. The van der Waals surface area contributed by atoms with Gasteiger partial charge >= 0.3 is 0 Å². The number of aliphatic hydroxyl groups excluding tert-OH is 3. The largest absolute Gasteiger partial charge is 0.508 e. The van der Waals surface area contributed by atoms with E-state index >= 15 is 0 Å². The van der Waals surface area contributed by atoms with Gasteiger partial charge in [-0.2, -0.15) is 0 Å². The van der Waals surface area contributed by atoms with Crippen LogP contribution in [0.2, 0.25) is 0 Å². The Kier molecular flexibility index (Phi) is 3.91. The summed E-state index contributed by atoms with van der Waals surface area (Å²) in [4.78, 5) is 37.2. The Bertz CT molecular complexity index is 1050. The molecule has 1 amide bonds. The number of rotatable bonds is 1. The normalized spacial score (nSPS) is 33.9. The molecule has 3 aliphatic rings. The molecule has 0 aromatic heterocycles. The number of carbonyl (C=O) groups excluding carboxylic acids is 3. The van der Waals surface area contributed by atoms with Crippen molar-refractivity contribution in [2.75, 3.05) is 0 Å². The number of phenolic OH excluding ortho intramolecular Hbond substituents is 1. The summed E-state index contributed by atoms with van der Waals surface area (Å²) in [5.74, 6) is -8.54. The van der Waals surface area contributed by atoms with Gasteiger partial charge in [0.15, 0.2) is 11.4 Å². The third-order valence-corrected chi connectivity index (χ3v) is 6.37. The first-order valence-corrected chi connectivity index (χ1v) is 9.00. The van der Waals surface area contributed by atoms with Gasteiger partial charge in [-0.3, -0.25) is 14.4 Å². The van der Waals surface area contributed by atoms with E-state index < -0.39 is 70.4 Å². The standard InChI is InChI=1S/C20H19NO8/c1-6-7-3-2-4-9(22)12(7)16(25)14-11(6)15(24)8-5-10(23)13(19(21)28)17(26)20(8,29)18(14)27/h2-4,6,8,11,15,22,24-26,29H,5H2,1H3,(H2,21,28)/t6?,8?,11?,15?,20-/m1/s1. The molecule has 0 aliphatic heterocycles. The van der Waals surface area contributed by atoms with Crippen molar-refractivity contribution in [2.24, 2.45) is 17.6 Å². The molecular weight excluding hydrogens is 382 g/mol. The second-order valence-corrected chi connectivity index (χ2v) is 7.73. The summed E-state index contributed by atoms with van der Waals surface area (Å²) in [6.45, 7) is 1.67. The monoisotopic (exact) mass is 401 g/mol. The van der Waals surface area contributed by atoms with E-state index in [1.54, 1.807) is 19.1 Å². The summed E-state index contributed by atoms with van der Waals surface area (Å²) in [6, 6.07) is 4.49. The van der Waals surface area contributed by atoms with Gasteiger partial charge < -0.3 is 31.3 Å². The highest BCUT2D eigenvalue weighted by atomic mass is 16.4. The number of aromatic hydroxyl groups is 1. The molecule has 0 bridgehead atoms. The average Bonchev–Trinajstić information content (AvgIpc) is 2.65. The van der Waals surface area contributed by atoms with Crippen LogP contribution in [0.5, 0.6) is 5.75 Å². The van der Waals surface area contributed by atoms with Gasteiger partial charge in [-0.25, -0.2) is 0 Å². The van der Waals surface area contributed by atoms with Crippen molar-refractivity contribution in [1.29, 1.82) is 0 Å². The zero-order valence-electron chi connectivity index (χ0n) is 15.3. The van der Waals surface area contributed by atoms with Crippen LogP contribution >= 0.6 is 0 Å². The fraction of sp³-hybridized carbons (Fsp3) is 0.350. The van der Waals surface area contributed by atoms with Crippen LogP contribution in [0.15, 0.2) is 35.1 Å². The van der Waals surface area contributed by atoms with E-state index in [-0.39, 0.29) is 16.9 Å². The fourth-order valence-corrected chi connectivity index (χ4v) is 4.96. The molecule has 0 heterocycles. The van der Waals surface area contributed by atoms with Crippen LogP contribution in [-0.2, 0) is 14.4 Å². The van der Waals surface area contributed by atoms with E-state index in [0.29, 0.717) is 5.56 Å². The number of hydrogen-bond acceptors (Lipinski definition) is 8. The van der Waals surface area contributed by atoms with E-state index in [2.05, 4.69) is 0 Å². The van der Waals surface area contributed by atoms with Crippen LogP contribution in [0, 0.1) is 11.8 Å². The number of carbonyl (C=O) groups is 3. The molecule has 1 fully saturated rings. The van der Waals surface area contributed by atoms with Crippen molar-refractivity contribution in [1.82, 2.24) is 0 Å². The number of fused-ring (bicyclic) bond motifs is 3. The molecule has 152 valence electrons. The van der Waals surface area contributed by atoms with Crippen LogP contribution in [0.3, 0.4) is 0 Å². The highest BCUT2D eigenvalue weighted by molar-refractivity contribution is 6.22. The first-order valence-electron chi connectivity index (χ1n) is 9.00. The lowest BCUT2D eigenvalue weighted by atomic mass is 9.55. The highest BCUT2D eigenvalue weighted by Crippen LogP contribution is 2.55. The summed E-state index contributed by atoms with van der Waals surface area (Å²) in [7, 11) is 0. The summed E-state index contributed by atoms with van der Waals surface area (Å²) in [5.41, 5.74) is 1.48. The smallest absolute Gasteiger partial charge is 0.255 e. The maximum atomic E-state index is 13.3. The SMILES string of the molecule is CC1c2cccc(O)c2C(O)=C2C(=O)[C@]3(O)C(O)=C(C(N)=O)C(=O)CC3C(O)C21. The van der Waals surface area contributed by atoms with E-state index in [1.165, 1.54) is 6.07 Å². The lowest BCUT2D eigenvalue weighted by Gasteiger charge is -2.50. The van der Waals surface area contributed by atoms with E-state index in [1.807, 2.05) is 0 Å². The van der Waals surface area contributed by atoms with Crippen molar-refractivity contribution >= 4 is 23.2 Å². The Morgan fingerprint density at radius 3 is 2.48 bits per heavy atom. The number of nitrogens with two attached hydrogens (primary N) is 1. The molecule has 7 N–H and O–H groups in total. The Balaban J connectivity index is 2.02. The summed E-state index contributed by atoms with van der Waals surface area (Å²) in [6.07, 6.45) is -2.10. The number of Topliss-reactive ketones (excluding diaryl/α,β-unsaturated/α-hetero) is 2. The maximum Gasteiger partial charge on any atom is 0.255 e. The highest BCUT2D eigenvalue weighted by Gasteiger charge is 2.64. The van der Waals surface area contributed by atoms with Gasteiger partial charge in [0.1, 0.15) is 22.8 Å². The Hall–Kier alpha value is -3.17. The number of ketones is 2. The molecule has 0 radical (unpaired) electrons. The number of aliphatic hydroxyl groups is 4. The fourth-order valence-electron chi connectivity index (χ4n) is 4.96. The van der Waals surface area contributed by atoms with Gasteiger partial charge in [0.25, 0.3) is 5.91 Å². The predicted octanol–water partition coefficient (Wildman–Crippen LogP) is -0.0443. The van der Waals surface area contributed by atoms with Crippen LogP contribution in [0.25, 0.3) is 5.76 Å². The van der Waals surface area contributed by atoms with E-state index in [9.17, 15) is 39.9 Å². The molecule has 1 aromatic carbocycles. The van der Waals surface area contributed by atoms with Crippen molar-refractivity contribution in [2.45, 2.75) is 31.0 Å². The quantitative estimate of drug-likeness (QED) is 0.355. The first-order chi connectivity index (χ1) is 13.5. The molecule has 9 nitrogen and oxygen atoms in total. The molecule has 3 aliphatic carbocycles. The number of benzene rings is 1. The molecule has 5 atom stereocenters.